The van der Waals surface area contributed by atoms with Crippen molar-refractivity contribution < 1.29 is 0 Å². The molecule has 0 saturated carbocycles. The maximum atomic E-state index is 4.29. The van der Waals surface area contributed by atoms with Gasteiger partial charge < -0.3 is 5.32 Å². The highest BCUT2D eigenvalue weighted by atomic mass is 32.2. The molecule has 2 aromatic heterocycles. The molecule has 4 nitrogen and oxygen atoms in total. The minimum Gasteiger partial charge on any atom is -0.311 e. The lowest BCUT2D eigenvalue weighted by molar-refractivity contribution is 0.664. The molecule has 0 aliphatic rings. The maximum Gasteiger partial charge on any atom is 0.155 e. The van der Waals surface area contributed by atoms with E-state index in [0.717, 1.165) is 18.7 Å². The summed E-state index contributed by atoms with van der Waals surface area (Å²) in [5.74, 6) is 1.21. The molecular formula is C11H16N4S. The number of aromatic nitrogens is 3. The molecule has 1 N–H and O–H groups in total. The van der Waals surface area contributed by atoms with Crippen LogP contribution in [0.25, 0.3) is 5.65 Å². The number of imidazole rings is 1. The van der Waals surface area contributed by atoms with Gasteiger partial charge >= 0.3 is 0 Å². The Hall–Kier alpha value is -1.07. The standard InChI is InChI=1S/C11H16N4S/c1-16-6-2-3-12-7-10-8-14-11-9-13-4-5-15(10)11/h4-5,8-9,12H,2-3,6-7H2,1H3. The predicted molar refractivity (Wildman–Crippen MR) is 67.7 cm³/mol. The highest BCUT2D eigenvalue weighted by Gasteiger charge is 2.01. The minimum atomic E-state index is 0.861. The van der Waals surface area contributed by atoms with E-state index in [4.69, 9.17) is 0 Å². The Labute approximate surface area is 99.5 Å². The van der Waals surface area contributed by atoms with E-state index >= 15 is 0 Å². The third-order valence-electron chi connectivity index (χ3n) is 2.40. The average molecular weight is 236 g/mol. The molecule has 0 aromatic carbocycles. The molecule has 86 valence electrons. The third kappa shape index (κ3) is 2.74. The summed E-state index contributed by atoms with van der Waals surface area (Å²) in [5.41, 5.74) is 2.09. The Kier molecular flexibility index (Phi) is 4.18. The SMILES string of the molecule is CSCCCNCc1cnc2cnccn12. The van der Waals surface area contributed by atoms with E-state index in [-0.39, 0.29) is 0 Å². The Bertz CT molecular complexity index is 440. The highest BCUT2D eigenvalue weighted by Crippen LogP contribution is 2.04. The molecule has 0 fully saturated rings. The summed E-state index contributed by atoms with van der Waals surface area (Å²) in [4.78, 5) is 8.33. The first-order chi connectivity index (χ1) is 7.92. The Balaban J connectivity index is 1.89. The fraction of sp³-hybridized carbons (Fsp3) is 0.455. The molecule has 5 heteroatoms. The van der Waals surface area contributed by atoms with Crippen LogP contribution in [0.3, 0.4) is 0 Å². The molecule has 0 unspecified atom stereocenters. The van der Waals surface area contributed by atoms with Gasteiger partial charge in [-0.05, 0) is 25.0 Å². The molecule has 0 aliphatic heterocycles. The molecule has 0 spiro atoms. The number of thioether (sulfide) groups is 1. The molecule has 0 atom stereocenters. The van der Waals surface area contributed by atoms with Crippen LogP contribution in [0.1, 0.15) is 12.1 Å². The van der Waals surface area contributed by atoms with Gasteiger partial charge in [0.1, 0.15) is 0 Å². The number of hydrogen-bond donors (Lipinski definition) is 1. The van der Waals surface area contributed by atoms with Crippen molar-refractivity contribution in [2.45, 2.75) is 13.0 Å². The Morgan fingerprint density at radius 3 is 3.25 bits per heavy atom. The first-order valence-corrected chi connectivity index (χ1v) is 6.77. The van der Waals surface area contributed by atoms with Crippen molar-refractivity contribution in [1.29, 1.82) is 0 Å². The topological polar surface area (TPSA) is 42.2 Å². The van der Waals surface area contributed by atoms with Gasteiger partial charge in [0, 0.05) is 18.9 Å². The quantitative estimate of drug-likeness (QED) is 0.773. The summed E-state index contributed by atoms with van der Waals surface area (Å²) in [7, 11) is 0. The second-order valence-corrected chi connectivity index (χ2v) is 4.56. The molecule has 16 heavy (non-hydrogen) atoms. The predicted octanol–water partition coefficient (Wildman–Crippen LogP) is 1.57. The fourth-order valence-electron chi connectivity index (χ4n) is 1.58. The van der Waals surface area contributed by atoms with Gasteiger partial charge in [0.2, 0.25) is 0 Å². The Morgan fingerprint density at radius 1 is 1.44 bits per heavy atom. The van der Waals surface area contributed by atoms with Crippen molar-refractivity contribution in [2.75, 3.05) is 18.6 Å². The van der Waals surface area contributed by atoms with Crippen molar-refractivity contribution in [3.63, 3.8) is 0 Å². The van der Waals surface area contributed by atoms with Crippen molar-refractivity contribution in [2.24, 2.45) is 0 Å². The molecule has 2 heterocycles. The molecule has 0 radical (unpaired) electrons. The molecular weight excluding hydrogens is 220 g/mol. The number of nitrogens with one attached hydrogen (secondary N) is 1. The normalized spacial score (nSPS) is 11.1. The van der Waals surface area contributed by atoms with Gasteiger partial charge in [0.25, 0.3) is 0 Å². The van der Waals surface area contributed by atoms with E-state index in [0.29, 0.717) is 0 Å². The van der Waals surface area contributed by atoms with Crippen LogP contribution < -0.4 is 5.32 Å². The maximum absolute atomic E-state index is 4.29. The number of rotatable bonds is 6. The van der Waals surface area contributed by atoms with Gasteiger partial charge in [0.05, 0.1) is 18.1 Å². The smallest absolute Gasteiger partial charge is 0.155 e. The van der Waals surface area contributed by atoms with Crippen LogP contribution in [-0.2, 0) is 6.54 Å². The van der Waals surface area contributed by atoms with E-state index in [1.165, 1.54) is 17.9 Å². The lowest BCUT2D eigenvalue weighted by Gasteiger charge is -2.03. The van der Waals surface area contributed by atoms with E-state index in [1.807, 2.05) is 24.2 Å². The van der Waals surface area contributed by atoms with Crippen LogP contribution in [0, 0.1) is 0 Å². The lowest BCUT2D eigenvalue weighted by Crippen LogP contribution is -2.16. The molecule has 0 amide bonds. The fourth-order valence-corrected chi connectivity index (χ4v) is 2.02. The van der Waals surface area contributed by atoms with Crippen LogP contribution in [0.2, 0.25) is 0 Å². The van der Waals surface area contributed by atoms with Gasteiger partial charge in [-0.2, -0.15) is 11.8 Å². The monoisotopic (exact) mass is 236 g/mol. The van der Waals surface area contributed by atoms with Gasteiger partial charge in [-0.1, -0.05) is 0 Å². The average Bonchev–Trinajstić information content (AvgIpc) is 2.73. The van der Waals surface area contributed by atoms with Crippen molar-refractivity contribution in [1.82, 2.24) is 19.7 Å². The van der Waals surface area contributed by atoms with Gasteiger partial charge in [0.15, 0.2) is 5.65 Å². The zero-order valence-corrected chi connectivity index (χ0v) is 10.2. The summed E-state index contributed by atoms with van der Waals surface area (Å²) in [6.45, 7) is 1.92. The zero-order chi connectivity index (χ0) is 11.2. The Morgan fingerprint density at radius 2 is 2.38 bits per heavy atom. The molecule has 2 rings (SSSR count). The van der Waals surface area contributed by atoms with E-state index in [2.05, 4.69) is 25.9 Å². The molecule has 2 aromatic rings. The third-order valence-corrected chi connectivity index (χ3v) is 3.10. The highest BCUT2D eigenvalue weighted by molar-refractivity contribution is 7.98. The van der Waals surface area contributed by atoms with Crippen molar-refractivity contribution >= 4 is 17.4 Å². The second-order valence-electron chi connectivity index (χ2n) is 3.58. The number of nitrogens with zero attached hydrogens (tertiary/aromatic N) is 3. The summed E-state index contributed by atoms with van der Waals surface area (Å²) < 4.78 is 2.06. The van der Waals surface area contributed by atoms with Crippen LogP contribution in [-0.4, -0.2) is 32.9 Å². The van der Waals surface area contributed by atoms with E-state index in [9.17, 15) is 0 Å². The van der Waals surface area contributed by atoms with Gasteiger partial charge in [-0.25, -0.2) is 4.98 Å². The van der Waals surface area contributed by atoms with Crippen molar-refractivity contribution in [3.8, 4) is 0 Å². The van der Waals surface area contributed by atoms with Crippen molar-refractivity contribution in [3.05, 3.63) is 30.5 Å². The zero-order valence-electron chi connectivity index (χ0n) is 9.39. The minimum absolute atomic E-state index is 0.861. The lowest BCUT2D eigenvalue weighted by atomic mass is 10.4. The van der Waals surface area contributed by atoms with Crippen LogP contribution in [0.4, 0.5) is 0 Å². The van der Waals surface area contributed by atoms with Crippen LogP contribution in [0.5, 0.6) is 0 Å². The van der Waals surface area contributed by atoms with Gasteiger partial charge in [-0.15, -0.1) is 0 Å². The molecule has 0 bridgehead atoms. The first-order valence-electron chi connectivity index (χ1n) is 5.37. The summed E-state index contributed by atoms with van der Waals surface area (Å²) in [6, 6.07) is 0. The number of hydrogen-bond acceptors (Lipinski definition) is 4. The van der Waals surface area contributed by atoms with Crippen LogP contribution in [0.15, 0.2) is 24.8 Å². The van der Waals surface area contributed by atoms with Crippen LogP contribution >= 0.6 is 11.8 Å². The molecule has 0 saturated heterocycles. The summed E-state index contributed by atoms with van der Waals surface area (Å²) in [6.07, 6.45) is 10.7. The van der Waals surface area contributed by atoms with E-state index in [1.54, 1.807) is 12.4 Å². The second kappa shape index (κ2) is 5.86. The largest absolute Gasteiger partial charge is 0.311 e. The molecule has 0 aliphatic carbocycles. The summed E-state index contributed by atoms with van der Waals surface area (Å²) >= 11 is 1.89. The summed E-state index contributed by atoms with van der Waals surface area (Å²) in [5, 5.41) is 3.42. The van der Waals surface area contributed by atoms with Gasteiger partial charge in [-0.3, -0.25) is 9.38 Å². The first kappa shape index (κ1) is 11.4. The number of fused-ring (bicyclic) bond motifs is 1. The van der Waals surface area contributed by atoms with E-state index < -0.39 is 0 Å².